The highest BCUT2D eigenvalue weighted by atomic mass is 16.9. The highest BCUT2D eigenvalue weighted by Crippen LogP contribution is 2.49. The van der Waals surface area contributed by atoms with E-state index >= 15 is 0 Å². The van der Waals surface area contributed by atoms with Crippen LogP contribution in [0.15, 0.2) is 30.3 Å². The molecule has 0 aromatic heterocycles. The van der Waals surface area contributed by atoms with Crippen molar-refractivity contribution in [1.82, 2.24) is 0 Å². The SMILES string of the molecule is CC(C)(C)C12COC(Cc3ccccc3)(OC1)OC2. The highest BCUT2D eigenvalue weighted by molar-refractivity contribution is 5.16. The van der Waals surface area contributed by atoms with Crippen LogP contribution in [-0.4, -0.2) is 25.8 Å². The Kier molecular flexibility index (Phi) is 2.97. The third-order valence-electron chi connectivity index (χ3n) is 4.56. The maximum absolute atomic E-state index is 5.95. The summed E-state index contributed by atoms with van der Waals surface area (Å²) in [5.41, 5.74) is 1.27. The molecular weight excluding hydrogens is 240 g/mol. The molecule has 19 heavy (non-hydrogen) atoms. The van der Waals surface area contributed by atoms with Crippen molar-refractivity contribution in [2.24, 2.45) is 10.8 Å². The van der Waals surface area contributed by atoms with Gasteiger partial charge in [-0.25, -0.2) is 0 Å². The topological polar surface area (TPSA) is 27.7 Å². The molecule has 0 N–H and O–H groups in total. The molecule has 0 unspecified atom stereocenters. The van der Waals surface area contributed by atoms with E-state index in [1.54, 1.807) is 0 Å². The molecule has 0 atom stereocenters. The molecule has 4 rings (SSSR count). The van der Waals surface area contributed by atoms with E-state index < -0.39 is 5.97 Å². The predicted molar refractivity (Wildman–Crippen MR) is 72.6 cm³/mol. The number of ether oxygens (including phenoxy) is 3. The Morgan fingerprint density at radius 3 is 1.95 bits per heavy atom. The largest absolute Gasteiger partial charge is 0.326 e. The lowest BCUT2D eigenvalue weighted by Crippen LogP contribution is -2.64. The van der Waals surface area contributed by atoms with E-state index in [1.165, 1.54) is 5.56 Å². The van der Waals surface area contributed by atoms with Gasteiger partial charge in [-0.15, -0.1) is 0 Å². The summed E-state index contributed by atoms with van der Waals surface area (Å²) in [6.07, 6.45) is 0.647. The Labute approximate surface area is 114 Å². The van der Waals surface area contributed by atoms with Crippen molar-refractivity contribution in [3.05, 3.63) is 35.9 Å². The summed E-state index contributed by atoms with van der Waals surface area (Å²) in [5, 5.41) is 0. The first-order valence-electron chi connectivity index (χ1n) is 6.91. The van der Waals surface area contributed by atoms with E-state index in [1.807, 2.05) is 18.2 Å². The molecule has 1 aromatic rings. The van der Waals surface area contributed by atoms with Crippen LogP contribution in [0.4, 0.5) is 0 Å². The van der Waals surface area contributed by atoms with Gasteiger partial charge in [0.05, 0.1) is 26.2 Å². The van der Waals surface area contributed by atoms with Gasteiger partial charge in [0.15, 0.2) is 0 Å². The molecule has 3 heterocycles. The molecule has 3 heteroatoms. The van der Waals surface area contributed by atoms with Crippen LogP contribution in [0.2, 0.25) is 0 Å². The number of fused-ring (bicyclic) bond motifs is 3. The Balaban J connectivity index is 1.75. The quantitative estimate of drug-likeness (QED) is 0.820. The van der Waals surface area contributed by atoms with Gasteiger partial charge in [-0.1, -0.05) is 51.1 Å². The first-order valence-corrected chi connectivity index (χ1v) is 6.91. The molecule has 3 aliphatic rings. The molecule has 3 fully saturated rings. The summed E-state index contributed by atoms with van der Waals surface area (Å²) in [6, 6.07) is 10.2. The monoisotopic (exact) mass is 262 g/mol. The molecule has 104 valence electrons. The zero-order chi connectivity index (χ0) is 13.6. The number of benzene rings is 1. The predicted octanol–water partition coefficient (Wildman–Crippen LogP) is 2.99. The third-order valence-corrected chi connectivity index (χ3v) is 4.56. The maximum atomic E-state index is 5.95. The summed E-state index contributed by atoms with van der Waals surface area (Å²) in [6.45, 7) is 8.80. The van der Waals surface area contributed by atoms with Gasteiger partial charge in [0.25, 0.3) is 5.97 Å². The van der Waals surface area contributed by atoms with Gasteiger partial charge >= 0.3 is 0 Å². The lowest BCUT2D eigenvalue weighted by Gasteiger charge is -2.56. The molecular formula is C16H22O3. The van der Waals surface area contributed by atoms with E-state index in [9.17, 15) is 0 Å². The Bertz CT molecular complexity index is 422. The Hall–Kier alpha value is -0.900. The lowest BCUT2D eigenvalue weighted by molar-refractivity contribution is -0.477. The van der Waals surface area contributed by atoms with Crippen LogP contribution in [0.3, 0.4) is 0 Å². The molecule has 3 aliphatic heterocycles. The fourth-order valence-electron chi connectivity index (χ4n) is 2.64. The first-order chi connectivity index (χ1) is 8.95. The summed E-state index contributed by atoms with van der Waals surface area (Å²) in [7, 11) is 0. The molecule has 0 amide bonds. The smallest absolute Gasteiger partial charge is 0.287 e. The van der Waals surface area contributed by atoms with Gasteiger partial charge in [-0.05, 0) is 11.0 Å². The van der Waals surface area contributed by atoms with Crippen molar-refractivity contribution in [3.63, 3.8) is 0 Å². The van der Waals surface area contributed by atoms with Crippen molar-refractivity contribution < 1.29 is 14.2 Å². The van der Waals surface area contributed by atoms with Crippen molar-refractivity contribution in [2.75, 3.05) is 19.8 Å². The molecule has 0 spiro atoms. The average molecular weight is 262 g/mol. The van der Waals surface area contributed by atoms with Crippen LogP contribution in [0.5, 0.6) is 0 Å². The van der Waals surface area contributed by atoms with Crippen LogP contribution >= 0.6 is 0 Å². The summed E-state index contributed by atoms with van der Waals surface area (Å²) < 4.78 is 17.9. The van der Waals surface area contributed by atoms with Gasteiger partial charge in [0.2, 0.25) is 0 Å². The third kappa shape index (κ3) is 2.20. The Morgan fingerprint density at radius 1 is 0.947 bits per heavy atom. The van der Waals surface area contributed by atoms with E-state index in [-0.39, 0.29) is 10.8 Å². The second kappa shape index (κ2) is 4.30. The van der Waals surface area contributed by atoms with Crippen LogP contribution in [0.1, 0.15) is 26.3 Å². The summed E-state index contributed by atoms with van der Waals surface area (Å²) in [5.74, 6) is -0.867. The minimum Gasteiger partial charge on any atom is -0.326 e. The lowest BCUT2D eigenvalue weighted by atomic mass is 9.67. The fourth-order valence-corrected chi connectivity index (χ4v) is 2.64. The zero-order valence-electron chi connectivity index (χ0n) is 11.9. The van der Waals surface area contributed by atoms with Crippen molar-refractivity contribution in [2.45, 2.75) is 33.2 Å². The zero-order valence-corrected chi connectivity index (χ0v) is 11.9. The van der Waals surface area contributed by atoms with E-state index in [2.05, 4.69) is 32.9 Å². The van der Waals surface area contributed by atoms with Crippen molar-refractivity contribution >= 4 is 0 Å². The summed E-state index contributed by atoms with van der Waals surface area (Å²) >= 11 is 0. The highest BCUT2D eigenvalue weighted by Gasteiger charge is 2.57. The molecule has 0 radical (unpaired) electrons. The molecule has 0 saturated carbocycles. The minimum absolute atomic E-state index is 0.0224. The summed E-state index contributed by atoms with van der Waals surface area (Å²) in [4.78, 5) is 0. The standard InChI is InChI=1S/C16H22O3/c1-14(2,3)15-10-17-16(18-11-15,19-12-15)9-13-7-5-4-6-8-13/h4-8H,9-12H2,1-3H3. The Morgan fingerprint density at radius 2 is 1.47 bits per heavy atom. The van der Waals surface area contributed by atoms with Crippen LogP contribution < -0.4 is 0 Å². The van der Waals surface area contributed by atoms with E-state index in [4.69, 9.17) is 14.2 Å². The number of hydrogen-bond donors (Lipinski definition) is 0. The van der Waals surface area contributed by atoms with Crippen molar-refractivity contribution in [3.8, 4) is 0 Å². The van der Waals surface area contributed by atoms with Gasteiger partial charge < -0.3 is 14.2 Å². The molecule has 3 nitrogen and oxygen atoms in total. The second-order valence-corrected chi connectivity index (χ2v) is 6.74. The van der Waals surface area contributed by atoms with Crippen LogP contribution in [0, 0.1) is 10.8 Å². The number of hydrogen-bond acceptors (Lipinski definition) is 3. The number of rotatable bonds is 2. The maximum Gasteiger partial charge on any atom is 0.287 e. The van der Waals surface area contributed by atoms with Gasteiger partial charge in [0.1, 0.15) is 0 Å². The van der Waals surface area contributed by atoms with Crippen LogP contribution in [0.25, 0.3) is 0 Å². The molecule has 0 aliphatic carbocycles. The molecule has 2 bridgehead atoms. The first kappa shape index (κ1) is 13.1. The van der Waals surface area contributed by atoms with E-state index in [0.717, 1.165) is 0 Å². The van der Waals surface area contributed by atoms with Gasteiger partial charge in [-0.3, -0.25) is 0 Å². The van der Waals surface area contributed by atoms with Gasteiger partial charge in [0, 0.05) is 5.41 Å². The fraction of sp³-hybridized carbons (Fsp3) is 0.625. The van der Waals surface area contributed by atoms with Crippen LogP contribution in [-0.2, 0) is 20.6 Å². The minimum atomic E-state index is -0.867. The van der Waals surface area contributed by atoms with Gasteiger partial charge in [-0.2, -0.15) is 0 Å². The average Bonchev–Trinajstić information content (AvgIpc) is 2.40. The second-order valence-electron chi connectivity index (χ2n) is 6.74. The molecule has 1 aromatic carbocycles. The normalized spacial score (nSPS) is 34.5. The van der Waals surface area contributed by atoms with Crippen molar-refractivity contribution in [1.29, 1.82) is 0 Å². The van der Waals surface area contributed by atoms with E-state index in [0.29, 0.717) is 26.2 Å². The molecule has 3 saturated heterocycles.